The molecule has 1 N–H and O–H groups in total. The third-order valence-corrected chi connectivity index (χ3v) is 5.17. The zero-order valence-corrected chi connectivity index (χ0v) is 16.3. The molecule has 0 bridgehead atoms. The normalized spacial score (nSPS) is 22.6. The van der Waals surface area contributed by atoms with Crippen molar-refractivity contribution < 1.29 is 9.47 Å². The van der Waals surface area contributed by atoms with Gasteiger partial charge in [0.05, 0.1) is 25.4 Å². The first-order chi connectivity index (χ1) is 12.7. The van der Waals surface area contributed by atoms with Crippen molar-refractivity contribution in [3.05, 3.63) is 24.0 Å². The Morgan fingerprint density at radius 3 is 2.81 bits per heavy atom. The van der Waals surface area contributed by atoms with E-state index in [2.05, 4.69) is 40.2 Å². The molecule has 146 valence electrons. The van der Waals surface area contributed by atoms with E-state index in [0.717, 1.165) is 64.6 Å². The van der Waals surface area contributed by atoms with Gasteiger partial charge in [-0.2, -0.15) is 0 Å². The molecule has 0 amide bonds. The Labute approximate surface area is 157 Å². The average Bonchev–Trinajstić information content (AvgIpc) is 3.10. The predicted molar refractivity (Wildman–Crippen MR) is 104 cm³/mol. The first-order valence-electron chi connectivity index (χ1n) is 10.1. The Kier molecular flexibility index (Phi) is 7.38. The number of aliphatic imine (C=N–C) groups is 1. The molecule has 2 aliphatic rings. The molecule has 2 aliphatic heterocycles. The molecule has 0 spiro atoms. The third-order valence-electron chi connectivity index (χ3n) is 5.17. The summed E-state index contributed by atoms with van der Waals surface area (Å²) < 4.78 is 14.0. The number of aromatic nitrogens is 1. The number of piperidine rings is 1. The molecule has 0 aromatic carbocycles. The molecule has 2 fully saturated rings. The standard InChI is InChI=1S/C20H34N4O2/c1-3-21-20(22-14-17-7-10-23(2)15-17)24-11-8-18(9-12-24)26-16-19-6-4-5-13-25-19/h7,10,15,18-19H,3-6,8-9,11-14,16H2,1-2H3,(H,21,22). The maximum atomic E-state index is 6.13. The van der Waals surface area contributed by atoms with E-state index in [1.165, 1.54) is 18.4 Å². The average molecular weight is 363 g/mol. The maximum absolute atomic E-state index is 6.13. The summed E-state index contributed by atoms with van der Waals surface area (Å²) in [5, 5.41) is 3.44. The number of likely N-dealkylation sites (tertiary alicyclic amines) is 1. The quantitative estimate of drug-likeness (QED) is 0.624. The maximum Gasteiger partial charge on any atom is 0.194 e. The molecule has 3 heterocycles. The number of nitrogens with one attached hydrogen (secondary N) is 1. The molecule has 3 rings (SSSR count). The van der Waals surface area contributed by atoms with E-state index in [-0.39, 0.29) is 0 Å². The van der Waals surface area contributed by atoms with Crippen molar-refractivity contribution in [2.24, 2.45) is 12.0 Å². The lowest BCUT2D eigenvalue weighted by molar-refractivity contribution is -0.0721. The lowest BCUT2D eigenvalue weighted by Crippen LogP contribution is -2.47. The largest absolute Gasteiger partial charge is 0.376 e. The van der Waals surface area contributed by atoms with Crippen molar-refractivity contribution in [1.29, 1.82) is 0 Å². The van der Waals surface area contributed by atoms with Crippen LogP contribution in [0.5, 0.6) is 0 Å². The Morgan fingerprint density at radius 1 is 1.31 bits per heavy atom. The minimum absolute atomic E-state index is 0.312. The number of nitrogens with zero attached hydrogens (tertiary/aromatic N) is 3. The van der Waals surface area contributed by atoms with Gasteiger partial charge in [0.1, 0.15) is 0 Å². The van der Waals surface area contributed by atoms with Crippen molar-refractivity contribution in [2.75, 3.05) is 32.8 Å². The summed E-state index contributed by atoms with van der Waals surface area (Å²) >= 11 is 0. The molecule has 6 nitrogen and oxygen atoms in total. The minimum Gasteiger partial charge on any atom is -0.376 e. The molecule has 0 saturated carbocycles. The monoisotopic (exact) mass is 362 g/mol. The third kappa shape index (κ3) is 5.74. The van der Waals surface area contributed by atoms with Gasteiger partial charge in [-0.1, -0.05) is 0 Å². The second-order valence-electron chi connectivity index (χ2n) is 7.36. The van der Waals surface area contributed by atoms with Crippen LogP contribution in [0.15, 0.2) is 23.5 Å². The highest BCUT2D eigenvalue weighted by Gasteiger charge is 2.23. The summed E-state index contributed by atoms with van der Waals surface area (Å²) in [6, 6.07) is 2.13. The fourth-order valence-corrected chi connectivity index (χ4v) is 3.66. The van der Waals surface area contributed by atoms with Gasteiger partial charge in [0, 0.05) is 45.7 Å². The van der Waals surface area contributed by atoms with Crippen LogP contribution in [0.4, 0.5) is 0 Å². The number of hydrogen-bond donors (Lipinski definition) is 1. The Balaban J connectivity index is 1.44. The lowest BCUT2D eigenvalue weighted by Gasteiger charge is -2.35. The number of guanidine groups is 1. The van der Waals surface area contributed by atoms with Crippen LogP contribution in [0.25, 0.3) is 0 Å². The molecule has 26 heavy (non-hydrogen) atoms. The number of rotatable bonds is 6. The van der Waals surface area contributed by atoms with E-state index < -0.39 is 0 Å². The van der Waals surface area contributed by atoms with Crippen LogP contribution in [0.2, 0.25) is 0 Å². The molecular formula is C20H34N4O2. The zero-order chi connectivity index (χ0) is 18.2. The second-order valence-corrected chi connectivity index (χ2v) is 7.36. The summed E-state index contributed by atoms with van der Waals surface area (Å²) in [4.78, 5) is 7.19. The molecule has 1 aromatic heterocycles. The van der Waals surface area contributed by atoms with Crippen LogP contribution in [-0.4, -0.2) is 60.5 Å². The van der Waals surface area contributed by atoms with Crippen LogP contribution < -0.4 is 5.32 Å². The van der Waals surface area contributed by atoms with E-state index in [1.54, 1.807) is 0 Å². The molecule has 1 unspecified atom stereocenters. The smallest absolute Gasteiger partial charge is 0.194 e. The van der Waals surface area contributed by atoms with Crippen LogP contribution in [-0.2, 0) is 23.1 Å². The van der Waals surface area contributed by atoms with Gasteiger partial charge in [-0.15, -0.1) is 0 Å². The molecule has 2 saturated heterocycles. The Bertz CT molecular complexity index is 558. The van der Waals surface area contributed by atoms with E-state index in [0.29, 0.717) is 12.2 Å². The van der Waals surface area contributed by atoms with Gasteiger partial charge in [-0.05, 0) is 50.7 Å². The van der Waals surface area contributed by atoms with Gasteiger partial charge < -0.3 is 24.3 Å². The van der Waals surface area contributed by atoms with Crippen molar-refractivity contribution in [3.8, 4) is 0 Å². The van der Waals surface area contributed by atoms with Crippen LogP contribution in [0.3, 0.4) is 0 Å². The van der Waals surface area contributed by atoms with E-state index >= 15 is 0 Å². The molecular weight excluding hydrogens is 328 g/mol. The predicted octanol–water partition coefficient (Wildman–Crippen LogP) is 2.54. The molecule has 0 aliphatic carbocycles. The molecule has 1 atom stereocenters. The molecule has 1 aromatic rings. The fourth-order valence-electron chi connectivity index (χ4n) is 3.66. The first-order valence-corrected chi connectivity index (χ1v) is 10.1. The first kappa shape index (κ1) is 19.2. The highest BCUT2D eigenvalue weighted by Crippen LogP contribution is 2.18. The summed E-state index contributed by atoms with van der Waals surface area (Å²) in [6.07, 6.45) is 10.6. The summed E-state index contributed by atoms with van der Waals surface area (Å²) in [6.45, 7) is 7.39. The van der Waals surface area contributed by atoms with Crippen LogP contribution >= 0.6 is 0 Å². The van der Waals surface area contributed by atoms with Crippen molar-refractivity contribution >= 4 is 5.96 Å². The Morgan fingerprint density at radius 2 is 2.15 bits per heavy atom. The molecule has 0 radical (unpaired) electrons. The van der Waals surface area contributed by atoms with Gasteiger partial charge in [0.2, 0.25) is 0 Å². The Hall–Kier alpha value is -1.53. The highest BCUT2D eigenvalue weighted by molar-refractivity contribution is 5.80. The fraction of sp³-hybridized carbons (Fsp3) is 0.750. The van der Waals surface area contributed by atoms with Crippen molar-refractivity contribution in [2.45, 2.75) is 57.8 Å². The van der Waals surface area contributed by atoms with E-state index in [4.69, 9.17) is 14.5 Å². The number of aryl methyl sites for hydroxylation is 1. The molecule has 6 heteroatoms. The van der Waals surface area contributed by atoms with Gasteiger partial charge in [-0.3, -0.25) is 0 Å². The van der Waals surface area contributed by atoms with Crippen LogP contribution in [0, 0.1) is 0 Å². The summed E-state index contributed by atoms with van der Waals surface area (Å²) in [5.41, 5.74) is 1.24. The minimum atomic E-state index is 0.312. The SMILES string of the molecule is CCNC(=NCc1ccn(C)c1)N1CCC(OCC2CCCCO2)CC1. The summed E-state index contributed by atoms with van der Waals surface area (Å²) in [7, 11) is 2.04. The second kappa shape index (κ2) is 9.97. The lowest BCUT2D eigenvalue weighted by atomic mass is 10.1. The number of ether oxygens (including phenoxy) is 2. The number of hydrogen-bond acceptors (Lipinski definition) is 3. The summed E-state index contributed by atoms with van der Waals surface area (Å²) in [5.74, 6) is 1.02. The van der Waals surface area contributed by atoms with Gasteiger partial charge in [0.15, 0.2) is 5.96 Å². The topological polar surface area (TPSA) is 51.0 Å². The van der Waals surface area contributed by atoms with Gasteiger partial charge >= 0.3 is 0 Å². The van der Waals surface area contributed by atoms with Crippen molar-refractivity contribution in [1.82, 2.24) is 14.8 Å². The van der Waals surface area contributed by atoms with Crippen molar-refractivity contribution in [3.63, 3.8) is 0 Å². The van der Waals surface area contributed by atoms with Crippen LogP contribution in [0.1, 0.15) is 44.6 Å². The van der Waals surface area contributed by atoms with Gasteiger partial charge in [-0.25, -0.2) is 4.99 Å². The van der Waals surface area contributed by atoms with E-state index in [1.807, 2.05) is 7.05 Å². The zero-order valence-electron chi connectivity index (χ0n) is 16.3. The van der Waals surface area contributed by atoms with Gasteiger partial charge in [0.25, 0.3) is 0 Å². The van der Waals surface area contributed by atoms with E-state index in [9.17, 15) is 0 Å². The highest BCUT2D eigenvalue weighted by atomic mass is 16.5.